The molecule has 0 bridgehead atoms. The number of aryl methyl sites for hydroxylation is 2. The summed E-state index contributed by atoms with van der Waals surface area (Å²) in [4.78, 5) is 26.6. The number of imidazole rings is 1. The van der Waals surface area contributed by atoms with E-state index in [1.54, 1.807) is 6.20 Å². The summed E-state index contributed by atoms with van der Waals surface area (Å²) in [6.07, 6.45) is 8.79. The maximum atomic E-state index is 12.9. The zero-order chi connectivity index (χ0) is 21.4. The second kappa shape index (κ2) is 8.24. The molecule has 2 aromatic heterocycles. The number of carbonyl (C=O) groups excluding carboxylic acids is 1. The molecular weight excluding hydrogens is 390 g/mol. The minimum atomic E-state index is 0.128. The number of Topliss-reactive ketones (excluding diaryl/α,β-unsaturated/α-hetero) is 1. The number of benzene rings is 1. The van der Waals surface area contributed by atoms with Gasteiger partial charge < -0.3 is 14.4 Å². The number of allylic oxidation sites excluding steroid dienone is 1. The zero-order valence-corrected chi connectivity index (χ0v) is 17.8. The van der Waals surface area contributed by atoms with Crippen molar-refractivity contribution in [2.24, 2.45) is 0 Å². The SMILES string of the molecule is Cc1cn2cc(C3=Cc4ccc(N5CCN(CCO)CC5)cc4CCC3=O)nc2cn1. The summed E-state index contributed by atoms with van der Waals surface area (Å²) in [5.74, 6) is 0.128. The highest BCUT2D eigenvalue weighted by Gasteiger charge is 2.22. The summed E-state index contributed by atoms with van der Waals surface area (Å²) in [7, 11) is 0. The van der Waals surface area contributed by atoms with E-state index in [2.05, 4.69) is 38.0 Å². The number of anilines is 1. The number of piperazine rings is 1. The van der Waals surface area contributed by atoms with E-state index in [9.17, 15) is 4.79 Å². The van der Waals surface area contributed by atoms with Crippen LogP contribution in [0.15, 0.2) is 36.8 Å². The molecule has 1 aliphatic heterocycles. The Morgan fingerprint density at radius 3 is 2.74 bits per heavy atom. The number of hydrogen-bond acceptors (Lipinski definition) is 6. The topological polar surface area (TPSA) is 74.0 Å². The molecule has 1 aromatic carbocycles. The van der Waals surface area contributed by atoms with Gasteiger partial charge in [-0.25, -0.2) is 4.98 Å². The summed E-state index contributed by atoms with van der Waals surface area (Å²) in [6.45, 7) is 6.72. The van der Waals surface area contributed by atoms with Crippen molar-refractivity contribution in [3.05, 3.63) is 59.3 Å². The molecule has 3 heterocycles. The second-order valence-corrected chi connectivity index (χ2v) is 8.34. The Hall–Kier alpha value is -3.03. The quantitative estimate of drug-likeness (QED) is 0.702. The lowest BCUT2D eigenvalue weighted by atomic mass is 10.0. The Balaban J connectivity index is 1.43. The van der Waals surface area contributed by atoms with Gasteiger partial charge in [0.25, 0.3) is 0 Å². The van der Waals surface area contributed by atoms with Crippen LogP contribution in [-0.2, 0) is 11.2 Å². The van der Waals surface area contributed by atoms with E-state index >= 15 is 0 Å². The Kier molecular flexibility index (Phi) is 5.29. The molecule has 1 N–H and O–H groups in total. The van der Waals surface area contributed by atoms with Crippen LogP contribution in [0.1, 0.15) is 28.9 Å². The van der Waals surface area contributed by atoms with Gasteiger partial charge in [-0.2, -0.15) is 0 Å². The van der Waals surface area contributed by atoms with Gasteiger partial charge in [-0.15, -0.1) is 0 Å². The van der Waals surface area contributed by atoms with Crippen LogP contribution in [0, 0.1) is 6.92 Å². The molecule has 0 saturated carbocycles. The molecular formula is C24H27N5O2. The van der Waals surface area contributed by atoms with Crippen LogP contribution in [0.3, 0.4) is 0 Å². The van der Waals surface area contributed by atoms with Crippen LogP contribution in [-0.4, -0.2) is 69.5 Å². The lowest BCUT2D eigenvalue weighted by molar-refractivity contribution is -0.113. The lowest BCUT2D eigenvalue weighted by Gasteiger charge is -2.36. The highest BCUT2D eigenvalue weighted by Crippen LogP contribution is 2.30. The van der Waals surface area contributed by atoms with Gasteiger partial charge >= 0.3 is 0 Å². The summed E-state index contributed by atoms with van der Waals surface area (Å²) < 4.78 is 1.93. The van der Waals surface area contributed by atoms with Crippen molar-refractivity contribution in [1.29, 1.82) is 0 Å². The Morgan fingerprint density at radius 2 is 1.94 bits per heavy atom. The summed E-state index contributed by atoms with van der Waals surface area (Å²) in [5, 5.41) is 9.14. The first-order chi connectivity index (χ1) is 15.1. The van der Waals surface area contributed by atoms with Gasteiger partial charge in [0.15, 0.2) is 11.4 Å². The van der Waals surface area contributed by atoms with Crippen molar-refractivity contribution in [2.75, 3.05) is 44.2 Å². The third-order valence-corrected chi connectivity index (χ3v) is 6.25. The number of ketones is 1. The Morgan fingerprint density at radius 1 is 1.10 bits per heavy atom. The summed E-state index contributed by atoms with van der Waals surface area (Å²) in [5.41, 5.74) is 6.54. The molecule has 7 heteroatoms. The summed E-state index contributed by atoms with van der Waals surface area (Å²) in [6, 6.07) is 6.52. The fourth-order valence-corrected chi connectivity index (χ4v) is 4.48. The molecule has 0 spiro atoms. The molecule has 0 atom stereocenters. The molecule has 1 aliphatic carbocycles. The number of carbonyl (C=O) groups is 1. The number of aliphatic hydroxyl groups is 1. The fourth-order valence-electron chi connectivity index (χ4n) is 4.48. The number of nitrogens with zero attached hydrogens (tertiary/aromatic N) is 5. The molecule has 7 nitrogen and oxygen atoms in total. The van der Waals surface area contributed by atoms with E-state index in [4.69, 9.17) is 5.11 Å². The van der Waals surface area contributed by atoms with Gasteiger partial charge in [0, 0.05) is 62.8 Å². The van der Waals surface area contributed by atoms with Crippen LogP contribution in [0.4, 0.5) is 5.69 Å². The van der Waals surface area contributed by atoms with Crippen molar-refractivity contribution in [3.8, 4) is 0 Å². The first kappa shape index (κ1) is 19.9. The van der Waals surface area contributed by atoms with Gasteiger partial charge in [0.05, 0.1) is 24.2 Å². The lowest BCUT2D eigenvalue weighted by Crippen LogP contribution is -2.47. The minimum absolute atomic E-state index is 0.128. The number of fused-ring (bicyclic) bond motifs is 2. The average Bonchev–Trinajstić information content (AvgIpc) is 3.12. The molecule has 0 unspecified atom stereocenters. The van der Waals surface area contributed by atoms with E-state index in [0.29, 0.717) is 17.7 Å². The van der Waals surface area contributed by atoms with Crippen molar-refractivity contribution in [1.82, 2.24) is 19.3 Å². The smallest absolute Gasteiger partial charge is 0.165 e. The normalized spacial score (nSPS) is 17.5. The van der Waals surface area contributed by atoms with E-state index in [1.165, 1.54) is 11.3 Å². The molecule has 3 aromatic rings. The van der Waals surface area contributed by atoms with Crippen LogP contribution < -0.4 is 4.90 Å². The first-order valence-corrected chi connectivity index (χ1v) is 10.9. The molecule has 31 heavy (non-hydrogen) atoms. The van der Waals surface area contributed by atoms with Gasteiger partial charge in [-0.05, 0) is 42.7 Å². The molecule has 0 amide bonds. The maximum Gasteiger partial charge on any atom is 0.165 e. The predicted octanol–water partition coefficient (Wildman–Crippen LogP) is 2.21. The Labute approximate surface area is 181 Å². The van der Waals surface area contributed by atoms with Crippen LogP contribution in [0.5, 0.6) is 0 Å². The van der Waals surface area contributed by atoms with E-state index in [0.717, 1.165) is 56.0 Å². The summed E-state index contributed by atoms with van der Waals surface area (Å²) >= 11 is 0. The third-order valence-electron chi connectivity index (χ3n) is 6.25. The van der Waals surface area contributed by atoms with Crippen molar-refractivity contribution in [2.45, 2.75) is 19.8 Å². The molecule has 1 saturated heterocycles. The number of aliphatic hydroxyl groups excluding tert-OH is 1. The third kappa shape index (κ3) is 3.98. The van der Waals surface area contributed by atoms with E-state index in [-0.39, 0.29) is 12.4 Å². The predicted molar refractivity (Wildman–Crippen MR) is 121 cm³/mol. The zero-order valence-electron chi connectivity index (χ0n) is 17.8. The average molecular weight is 418 g/mol. The molecule has 0 radical (unpaired) electrons. The number of aromatic nitrogens is 3. The van der Waals surface area contributed by atoms with E-state index in [1.807, 2.05) is 29.8 Å². The number of rotatable bonds is 4. The molecule has 1 fully saturated rings. The van der Waals surface area contributed by atoms with Gasteiger partial charge in [-0.1, -0.05) is 6.07 Å². The fraction of sp³-hybridized carbons (Fsp3) is 0.375. The molecule has 160 valence electrons. The first-order valence-electron chi connectivity index (χ1n) is 10.9. The number of β-amino-alcohol motifs (C(OH)–C–C–N with tert-alkyl or cyclic N) is 1. The Bertz CT molecular complexity index is 1160. The van der Waals surface area contributed by atoms with Crippen LogP contribution in [0.25, 0.3) is 17.3 Å². The highest BCUT2D eigenvalue weighted by molar-refractivity contribution is 6.25. The van der Waals surface area contributed by atoms with E-state index < -0.39 is 0 Å². The molecule has 2 aliphatic rings. The van der Waals surface area contributed by atoms with Crippen molar-refractivity contribution >= 4 is 28.8 Å². The van der Waals surface area contributed by atoms with Gasteiger partial charge in [0.1, 0.15) is 0 Å². The highest BCUT2D eigenvalue weighted by atomic mass is 16.3. The monoisotopic (exact) mass is 417 g/mol. The minimum Gasteiger partial charge on any atom is -0.395 e. The van der Waals surface area contributed by atoms with Crippen molar-refractivity contribution < 1.29 is 9.90 Å². The van der Waals surface area contributed by atoms with Crippen molar-refractivity contribution in [3.63, 3.8) is 0 Å². The number of hydrogen-bond donors (Lipinski definition) is 1. The van der Waals surface area contributed by atoms with Gasteiger partial charge in [0.2, 0.25) is 0 Å². The van der Waals surface area contributed by atoms with Gasteiger partial charge in [-0.3, -0.25) is 14.7 Å². The standard InChI is InChI=1S/C24H27N5O2/c1-17-15-29-16-22(26-24(29)14-25-17)21-13-19-2-4-20(12-18(19)3-5-23(21)31)28-8-6-27(7-9-28)10-11-30/h2,4,12-16,30H,3,5-11H2,1H3. The van der Waals surface area contributed by atoms with Crippen LogP contribution in [0.2, 0.25) is 0 Å². The maximum absolute atomic E-state index is 12.9. The molecule has 5 rings (SSSR count). The van der Waals surface area contributed by atoms with Crippen LogP contribution >= 0.6 is 0 Å². The second-order valence-electron chi connectivity index (χ2n) is 8.34. The largest absolute Gasteiger partial charge is 0.395 e.